The van der Waals surface area contributed by atoms with Gasteiger partial charge in [0.25, 0.3) is 0 Å². The summed E-state index contributed by atoms with van der Waals surface area (Å²) in [4.78, 5) is 2.01. The van der Waals surface area contributed by atoms with Crippen molar-refractivity contribution in [3.05, 3.63) is 29.8 Å². The van der Waals surface area contributed by atoms with Crippen molar-refractivity contribution in [2.75, 3.05) is 24.5 Å². The van der Waals surface area contributed by atoms with Gasteiger partial charge in [-0.05, 0) is 38.4 Å². The van der Waals surface area contributed by atoms with Gasteiger partial charge < -0.3 is 10.2 Å². The Morgan fingerprint density at radius 2 is 2.12 bits per heavy atom. The zero-order valence-electron chi connectivity index (χ0n) is 10.0. The molecule has 0 aliphatic carbocycles. The Bertz CT molecular complexity index is 382. The largest absolute Gasteiger partial charge is 0.369 e. The Hall–Kier alpha value is -1.16. The molecular weight excluding hydrogens is 222 g/mol. The molecule has 0 radical (unpaired) electrons. The SMILES string of the molecule is CC1CCN(c2ccc(F)cc2F)CCCN1. The summed E-state index contributed by atoms with van der Waals surface area (Å²) in [7, 11) is 0. The van der Waals surface area contributed by atoms with Gasteiger partial charge in [-0.3, -0.25) is 0 Å². The minimum atomic E-state index is -0.520. The van der Waals surface area contributed by atoms with Gasteiger partial charge >= 0.3 is 0 Å². The lowest BCUT2D eigenvalue weighted by Gasteiger charge is -2.29. The standard InChI is InChI=1S/C13H18F2N2/c1-10-5-8-17(7-2-6-16-10)13-4-3-11(14)9-12(13)15/h3-4,9-10,16H,2,5-8H2,1H3. The molecular formula is C13H18F2N2. The van der Waals surface area contributed by atoms with Crippen molar-refractivity contribution in [3.8, 4) is 0 Å². The summed E-state index contributed by atoms with van der Waals surface area (Å²) in [6.45, 7) is 4.68. The first-order chi connectivity index (χ1) is 8.16. The molecule has 17 heavy (non-hydrogen) atoms. The van der Waals surface area contributed by atoms with E-state index in [1.807, 2.05) is 4.90 Å². The highest BCUT2D eigenvalue weighted by Crippen LogP contribution is 2.21. The molecule has 0 amide bonds. The van der Waals surface area contributed by atoms with Crippen LogP contribution in [0.3, 0.4) is 0 Å². The molecule has 4 heteroatoms. The highest BCUT2D eigenvalue weighted by molar-refractivity contribution is 5.47. The fraction of sp³-hybridized carbons (Fsp3) is 0.538. The fourth-order valence-electron chi connectivity index (χ4n) is 2.16. The molecule has 1 aromatic carbocycles. The maximum Gasteiger partial charge on any atom is 0.149 e. The predicted octanol–water partition coefficient (Wildman–Crippen LogP) is 2.54. The number of halogens is 2. The van der Waals surface area contributed by atoms with Crippen LogP contribution in [-0.2, 0) is 0 Å². The normalized spacial score (nSPS) is 22.1. The Kier molecular flexibility index (Phi) is 3.94. The van der Waals surface area contributed by atoms with Gasteiger partial charge in [-0.2, -0.15) is 0 Å². The molecule has 1 aliphatic heterocycles. The number of hydrogen-bond donors (Lipinski definition) is 1. The van der Waals surface area contributed by atoms with Gasteiger partial charge in [-0.15, -0.1) is 0 Å². The molecule has 1 fully saturated rings. The fourth-order valence-corrected chi connectivity index (χ4v) is 2.16. The van der Waals surface area contributed by atoms with Crippen LogP contribution in [-0.4, -0.2) is 25.7 Å². The van der Waals surface area contributed by atoms with Crippen molar-refractivity contribution >= 4 is 5.69 Å². The van der Waals surface area contributed by atoms with E-state index in [0.717, 1.165) is 38.5 Å². The van der Waals surface area contributed by atoms with Gasteiger partial charge in [0, 0.05) is 25.2 Å². The van der Waals surface area contributed by atoms with E-state index in [2.05, 4.69) is 12.2 Å². The van der Waals surface area contributed by atoms with Crippen LogP contribution in [0.4, 0.5) is 14.5 Å². The number of nitrogens with one attached hydrogen (secondary N) is 1. The van der Waals surface area contributed by atoms with Crippen molar-refractivity contribution < 1.29 is 8.78 Å². The van der Waals surface area contributed by atoms with Crippen LogP contribution < -0.4 is 10.2 Å². The molecule has 2 rings (SSSR count). The third kappa shape index (κ3) is 3.16. The van der Waals surface area contributed by atoms with E-state index >= 15 is 0 Å². The molecule has 94 valence electrons. The molecule has 1 N–H and O–H groups in total. The minimum absolute atomic E-state index is 0.446. The molecule has 1 aromatic rings. The summed E-state index contributed by atoms with van der Waals surface area (Å²) in [5, 5.41) is 3.40. The molecule has 1 heterocycles. The first-order valence-electron chi connectivity index (χ1n) is 6.10. The number of benzene rings is 1. The van der Waals surface area contributed by atoms with Gasteiger partial charge in [0.15, 0.2) is 0 Å². The molecule has 0 spiro atoms. The van der Waals surface area contributed by atoms with Crippen LogP contribution in [0.25, 0.3) is 0 Å². The number of hydrogen-bond acceptors (Lipinski definition) is 2. The third-order valence-corrected chi connectivity index (χ3v) is 3.18. The van der Waals surface area contributed by atoms with Crippen LogP contribution in [0.15, 0.2) is 18.2 Å². The van der Waals surface area contributed by atoms with Gasteiger partial charge in [0.1, 0.15) is 11.6 Å². The molecule has 0 bridgehead atoms. The quantitative estimate of drug-likeness (QED) is 0.811. The summed E-state index contributed by atoms with van der Waals surface area (Å²) in [5.41, 5.74) is 0.514. The second-order valence-electron chi connectivity index (χ2n) is 4.58. The van der Waals surface area contributed by atoms with Gasteiger partial charge in [0.2, 0.25) is 0 Å². The van der Waals surface area contributed by atoms with Crippen molar-refractivity contribution in [3.63, 3.8) is 0 Å². The first-order valence-corrected chi connectivity index (χ1v) is 6.10. The van der Waals surface area contributed by atoms with E-state index < -0.39 is 11.6 Å². The zero-order valence-corrected chi connectivity index (χ0v) is 10.0. The minimum Gasteiger partial charge on any atom is -0.369 e. The monoisotopic (exact) mass is 240 g/mol. The molecule has 2 nitrogen and oxygen atoms in total. The second-order valence-corrected chi connectivity index (χ2v) is 4.58. The van der Waals surface area contributed by atoms with Crippen LogP contribution in [0.1, 0.15) is 19.8 Å². The van der Waals surface area contributed by atoms with Crippen LogP contribution in [0, 0.1) is 11.6 Å². The molecule has 1 saturated heterocycles. The van der Waals surface area contributed by atoms with E-state index in [1.165, 1.54) is 12.1 Å². The van der Waals surface area contributed by atoms with E-state index in [1.54, 1.807) is 0 Å². The number of rotatable bonds is 1. The van der Waals surface area contributed by atoms with Crippen LogP contribution in [0.5, 0.6) is 0 Å². The molecule has 0 saturated carbocycles. The summed E-state index contributed by atoms with van der Waals surface area (Å²) >= 11 is 0. The van der Waals surface area contributed by atoms with Crippen molar-refractivity contribution in [1.82, 2.24) is 5.32 Å². The summed E-state index contributed by atoms with van der Waals surface area (Å²) in [6, 6.07) is 4.25. The van der Waals surface area contributed by atoms with Crippen LogP contribution >= 0.6 is 0 Å². The molecule has 1 aliphatic rings. The van der Waals surface area contributed by atoms with Crippen molar-refractivity contribution in [2.24, 2.45) is 0 Å². The summed E-state index contributed by atoms with van der Waals surface area (Å²) in [6.07, 6.45) is 1.94. The van der Waals surface area contributed by atoms with E-state index in [0.29, 0.717) is 11.7 Å². The summed E-state index contributed by atoms with van der Waals surface area (Å²) in [5.74, 6) is -0.987. The van der Waals surface area contributed by atoms with Gasteiger partial charge in [0.05, 0.1) is 5.69 Å². The van der Waals surface area contributed by atoms with Crippen molar-refractivity contribution in [2.45, 2.75) is 25.8 Å². The number of nitrogens with zero attached hydrogens (tertiary/aromatic N) is 1. The average Bonchev–Trinajstić information content (AvgIpc) is 2.26. The lowest BCUT2D eigenvalue weighted by molar-refractivity contribution is 0.471. The Balaban J connectivity index is 2.13. The number of anilines is 1. The lowest BCUT2D eigenvalue weighted by atomic mass is 10.1. The Morgan fingerprint density at radius 1 is 1.29 bits per heavy atom. The van der Waals surface area contributed by atoms with Crippen LogP contribution in [0.2, 0.25) is 0 Å². The third-order valence-electron chi connectivity index (χ3n) is 3.18. The van der Waals surface area contributed by atoms with E-state index in [-0.39, 0.29) is 0 Å². The topological polar surface area (TPSA) is 15.3 Å². The highest BCUT2D eigenvalue weighted by Gasteiger charge is 2.15. The van der Waals surface area contributed by atoms with E-state index in [4.69, 9.17) is 0 Å². The second kappa shape index (κ2) is 5.45. The summed E-state index contributed by atoms with van der Waals surface area (Å²) < 4.78 is 26.5. The molecule has 1 atom stereocenters. The zero-order chi connectivity index (χ0) is 12.3. The smallest absolute Gasteiger partial charge is 0.149 e. The maximum absolute atomic E-state index is 13.7. The lowest BCUT2D eigenvalue weighted by Crippen LogP contribution is -2.38. The Morgan fingerprint density at radius 3 is 2.88 bits per heavy atom. The Labute approximate surface area is 101 Å². The van der Waals surface area contributed by atoms with E-state index in [9.17, 15) is 8.78 Å². The molecule has 1 unspecified atom stereocenters. The molecule has 0 aromatic heterocycles. The average molecular weight is 240 g/mol. The predicted molar refractivity (Wildman–Crippen MR) is 65.3 cm³/mol. The van der Waals surface area contributed by atoms with Crippen molar-refractivity contribution in [1.29, 1.82) is 0 Å². The highest BCUT2D eigenvalue weighted by atomic mass is 19.1. The first kappa shape index (κ1) is 12.3. The van der Waals surface area contributed by atoms with Gasteiger partial charge in [-0.25, -0.2) is 8.78 Å². The maximum atomic E-state index is 13.7. The van der Waals surface area contributed by atoms with Gasteiger partial charge in [-0.1, -0.05) is 0 Å².